The van der Waals surface area contributed by atoms with Crippen LogP contribution in [0.2, 0.25) is 0 Å². The van der Waals surface area contributed by atoms with Crippen LogP contribution in [0.5, 0.6) is 11.5 Å². The highest BCUT2D eigenvalue weighted by Crippen LogP contribution is 2.37. The molecule has 5 nitrogen and oxygen atoms in total. The van der Waals surface area contributed by atoms with Crippen molar-refractivity contribution in [2.24, 2.45) is 0 Å². The molecular weight excluding hydrogens is 236 g/mol. The minimum absolute atomic E-state index is 0.189. The lowest BCUT2D eigenvalue weighted by Crippen LogP contribution is -2.15. The molecule has 1 heterocycles. The van der Waals surface area contributed by atoms with Crippen LogP contribution in [0.3, 0.4) is 0 Å². The maximum absolute atomic E-state index is 11.3. The van der Waals surface area contributed by atoms with Crippen LogP contribution in [0.4, 0.5) is 0 Å². The molecule has 1 aromatic rings. The summed E-state index contributed by atoms with van der Waals surface area (Å²) in [7, 11) is 1.56. The van der Waals surface area contributed by atoms with Crippen molar-refractivity contribution < 1.29 is 24.1 Å². The fourth-order valence-electron chi connectivity index (χ4n) is 2.08. The molecule has 1 atom stereocenters. The predicted octanol–water partition coefficient (Wildman–Crippen LogP) is 1.93. The first-order chi connectivity index (χ1) is 8.63. The molecule has 5 heteroatoms. The highest BCUT2D eigenvalue weighted by molar-refractivity contribution is 5.77. The van der Waals surface area contributed by atoms with Gasteiger partial charge in [-0.1, -0.05) is 0 Å². The Balaban J connectivity index is 2.32. The molecule has 0 saturated carbocycles. The lowest BCUT2D eigenvalue weighted by atomic mass is 9.92. The predicted molar refractivity (Wildman–Crippen MR) is 64.2 cm³/mol. The summed E-state index contributed by atoms with van der Waals surface area (Å²) in [4.78, 5) is 11.3. The quantitative estimate of drug-likeness (QED) is 0.867. The minimum Gasteiger partial charge on any atom is -0.481 e. The number of carbonyl (C=O) groups is 1. The molecule has 0 aromatic heterocycles. The van der Waals surface area contributed by atoms with Gasteiger partial charge in [-0.05, 0) is 36.6 Å². The zero-order valence-electron chi connectivity index (χ0n) is 10.4. The summed E-state index contributed by atoms with van der Waals surface area (Å²) in [5.74, 6) is -0.153. The van der Waals surface area contributed by atoms with Gasteiger partial charge in [0.15, 0.2) is 11.5 Å². The van der Waals surface area contributed by atoms with E-state index >= 15 is 0 Å². The molecule has 1 aromatic carbocycles. The van der Waals surface area contributed by atoms with Crippen LogP contribution < -0.4 is 9.47 Å². The smallest absolute Gasteiger partial charge is 0.311 e. The molecule has 98 valence electrons. The highest BCUT2D eigenvalue weighted by Gasteiger charge is 2.25. The summed E-state index contributed by atoms with van der Waals surface area (Å²) in [6.45, 7) is 2.47. The average Bonchev–Trinajstić information content (AvgIpc) is 2.76. The van der Waals surface area contributed by atoms with Crippen LogP contribution in [0.15, 0.2) is 12.1 Å². The third-order valence-electron chi connectivity index (χ3n) is 3.05. The van der Waals surface area contributed by atoms with E-state index in [0.717, 1.165) is 11.1 Å². The molecule has 1 aliphatic heterocycles. The van der Waals surface area contributed by atoms with E-state index in [0.29, 0.717) is 24.5 Å². The number of hydrogen-bond acceptors (Lipinski definition) is 4. The summed E-state index contributed by atoms with van der Waals surface area (Å²) >= 11 is 0. The first-order valence-corrected chi connectivity index (χ1v) is 5.75. The molecule has 0 saturated heterocycles. The Bertz CT molecular complexity index is 455. The number of fused-ring (bicyclic) bond motifs is 1. The van der Waals surface area contributed by atoms with Crippen molar-refractivity contribution in [2.45, 2.75) is 19.3 Å². The maximum Gasteiger partial charge on any atom is 0.311 e. The second-order valence-corrected chi connectivity index (χ2v) is 4.23. The zero-order valence-corrected chi connectivity index (χ0v) is 10.4. The molecule has 18 heavy (non-hydrogen) atoms. The number of hydrogen-bond donors (Lipinski definition) is 1. The minimum atomic E-state index is -0.853. The van der Waals surface area contributed by atoms with Crippen LogP contribution in [-0.2, 0) is 9.53 Å². The number of aryl methyl sites for hydroxylation is 1. The molecule has 1 aliphatic rings. The SMILES string of the molecule is COCCC(C(=O)O)c1cc2c(cc1C)OCO2. The van der Waals surface area contributed by atoms with Crippen molar-refractivity contribution in [3.05, 3.63) is 23.3 Å². The normalized spacial score (nSPS) is 14.6. The summed E-state index contributed by atoms with van der Waals surface area (Å²) in [5, 5.41) is 9.30. The van der Waals surface area contributed by atoms with Crippen molar-refractivity contribution in [1.82, 2.24) is 0 Å². The van der Waals surface area contributed by atoms with Crippen molar-refractivity contribution in [1.29, 1.82) is 0 Å². The number of carboxylic acids is 1. The summed E-state index contributed by atoms with van der Waals surface area (Å²) in [6, 6.07) is 3.58. The van der Waals surface area contributed by atoms with Crippen LogP contribution in [0.1, 0.15) is 23.5 Å². The van der Waals surface area contributed by atoms with Crippen molar-refractivity contribution in [3.8, 4) is 11.5 Å². The third-order valence-corrected chi connectivity index (χ3v) is 3.05. The van der Waals surface area contributed by atoms with E-state index in [4.69, 9.17) is 14.2 Å². The van der Waals surface area contributed by atoms with Gasteiger partial charge >= 0.3 is 5.97 Å². The van der Waals surface area contributed by atoms with Crippen LogP contribution in [-0.4, -0.2) is 31.6 Å². The van der Waals surface area contributed by atoms with E-state index in [1.807, 2.05) is 13.0 Å². The van der Waals surface area contributed by atoms with Gasteiger partial charge in [-0.25, -0.2) is 0 Å². The van der Waals surface area contributed by atoms with E-state index < -0.39 is 11.9 Å². The van der Waals surface area contributed by atoms with E-state index in [9.17, 15) is 9.90 Å². The topological polar surface area (TPSA) is 65.0 Å². The van der Waals surface area contributed by atoms with Gasteiger partial charge in [0, 0.05) is 13.7 Å². The van der Waals surface area contributed by atoms with Gasteiger partial charge in [0.2, 0.25) is 6.79 Å². The monoisotopic (exact) mass is 252 g/mol. The van der Waals surface area contributed by atoms with Gasteiger partial charge in [0.25, 0.3) is 0 Å². The summed E-state index contributed by atoms with van der Waals surface area (Å²) in [5.41, 5.74) is 1.64. The van der Waals surface area contributed by atoms with Crippen molar-refractivity contribution in [3.63, 3.8) is 0 Å². The zero-order chi connectivity index (χ0) is 13.1. The van der Waals surface area contributed by atoms with Gasteiger partial charge in [-0.15, -0.1) is 0 Å². The molecule has 1 unspecified atom stereocenters. The van der Waals surface area contributed by atoms with Gasteiger partial charge in [-0.2, -0.15) is 0 Å². The molecule has 1 N–H and O–H groups in total. The standard InChI is InChI=1S/C13H16O5/c1-8-5-11-12(18-7-17-11)6-10(8)9(13(14)15)3-4-16-2/h5-6,9H,3-4,7H2,1-2H3,(H,14,15). The second-order valence-electron chi connectivity index (χ2n) is 4.23. The number of ether oxygens (including phenoxy) is 3. The molecule has 2 rings (SSSR count). The van der Waals surface area contributed by atoms with Gasteiger partial charge < -0.3 is 19.3 Å². The Hall–Kier alpha value is -1.75. The Morgan fingerprint density at radius 2 is 2.11 bits per heavy atom. The summed E-state index contributed by atoms with van der Waals surface area (Å²) < 4.78 is 15.5. The fourth-order valence-corrected chi connectivity index (χ4v) is 2.08. The van der Waals surface area contributed by atoms with E-state index in [-0.39, 0.29) is 6.79 Å². The largest absolute Gasteiger partial charge is 0.481 e. The highest BCUT2D eigenvalue weighted by atomic mass is 16.7. The molecule has 0 fully saturated rings. The van der Waals surface area contributed by atoms with E-state index in [1.165, 1.54) is 0 Å². The molecule has 0 bridgehead atoms. The first kappa shape index (κ1) is 12.7. The summed E-state index contributed by atoms with van der Waals surface area (Å²) in [6.07, 6.45) is 0.437. The molecule has 0 amide bonds. The van der Waals surface area contributed by atoms with Crippen molar-refractivity contribution in [2.75, 3.05) is 20.5 Å². The van der Waals surface area contributed by atoms with Crippen LogP contribution >= 0.6 is 0 Å². The Morgan fingerprint density at radius 1 is 1.44 bits per heavy atom. The fraction of sp³-hybridized carbons (Fsp3) is 0.462. The van der Waals surface area contributed by atoms with Crippen LogP contribution in [0.25, 0.3) is 0 Å². The van der Waals surface area contributed by atoms with Gasteiger partial charge in [0.1, 0.15) is 0 Å². The van der Waals surface area contributed by atoms with E-state index in [1.54, 1.807) is 13.2 Å². The second kappa shape index (κ2) is 5.27. The molecule has 0 aliphatic carbocycles. The average molecular weight is 252 g/mol. The van der Waals surface area contributed by atoms with E-state index in [2.05, 4.69) is 0 Å². The first-order valence-electron chi connectivity index (χ1n) is 5.75. The number of methoxy groups -OCH3 is 1. The maximum atomic E-state index is 11.3. The lowest BCUT2D eigenvalue weighted by Gasteiger charge is -2.15. The van der Waals surface area contributed by atoms with Crippen LogP contribution in [0, 0.1) is 6.92 Å². The number of aliphatic carboxylic acids is 1. The Labute approximate surface area is 105 Å². The number of rotatable bonds is 5. The van der Waals surface area contributed by atoms with Crippen molar-refractivity contribution >= 4 is 5.97 Å². The third kappa shape index (κ3) is 2.41. The van der Waals surface area contributed by atoms with Gasteiger partial charge in [0.05, 0.1) is 5.92 Å². The number of benzene rings is 1. The Kier molecular flexibility index (Phi) is 3.72. The molecule has 0 radical (unpaired) electrons. The lowest BCUT2D eigenvalue weighted by molar-refractivity contribution is -0.139. The molecular formula is C13H16O5. The molecule has 0 spiro atoms. The number of carboxylic acid groups (broad SMARTS) is 1. The van der Waals surface area contributed by atoms with Gasteiger partial charge in [-0.3, -0.25) is 4.79 Å². The Morgan fingerprint density at radius 3 is 2.72 bits per heavy atom.